The van der Waals surface area contributed by atoms with Crippen LogP contribution in [0.2, 0.25) is 0 Å². The highest BCUT2D eigenvalue weighted by Gasteiger charge is 2.30. The third-order valence-corrected chi connectivity index (χ3v) is 8.01. The molecule has 2 aliphatic rings. The second kappa shape index (κ2) is 9.72. The second-order valence-corrected chi connectivity index (χ2v) is 10.3. The van der Waals surface area contributed by atoms with Crippen molar-refractivity contribution in [1.29, 1.82) is 0 Å². The summed E-state index contributed by atoms with van der Waals surface area (Å²) in [5, 5.41) is 0. The summed E-state index contributed by atoms with van der Waals surface area (Å²) < 4.78 is 0. The van der Waals surface area contributed by atoms with Gasteiger partial charge in [-0.25, -0.2) is 0 Å². The summed E-state index contributed by atoms with van der Waals surface area (Å²) in [7, 11) is 0. The lowest BCUT2D eigenvalue weighted by Crippen LogP contribution is -2.02. The Morgan fingerprint density at radius 1 is 0.818 bits per heavy atom. The lowest BCUT2D eigenvalue weighted by Gasteiger charge is -2.19. The van der Waals surface area contributed by atoms with Gasteiger partial charge in [0.1, 0.15) is 0 Å². The summed E-state index contributed by atoms with van der Waals surface area (Å²) in [5.74, 6) is 2.04. The minimum Gasteiger partial charge on any atom is -0.0950 e. The fourth-order valence-electron chi connectivity index (χ4n) is 6.02. The highest BCUT2D eigenvalue weighted by molar-refractivity contribution is 5.70. The van der Waals surface area contributed by atoms with Gasteiger partial charge in [-0.2, -0.15) is 0 Å². The van der Waals surface area contributed by atoms with Gasteiger partial charge in [0, 0.05) is 0 Å². The van der Waals surface area contributed by atoms with E-state index in [-0.39, 0.29) is 0 Å². The maximum atomic E-state index is 4.56. The molecule has 2 fully saturated rings. The first kappa shape index (κ1) is 22.2. The average molecular weight is 435 g/mol. The van der Waals surface area contributed by atoms with E-state index in [0.717, 1.165) is 18.8 Å². The third-order valence-electron chi connectivity index (χ3n) is 8.01. The number of hydrogen-bond donors (Lipinski definition) is 0. The molecule has 2 unspecified atom stereocenters. The van der Waals surface area contributed by atoms with Gasteiger partial charge in [-0.05, 0) is 107 Å². The van der Waals surface area contributed by atoms with Crippen molar-refractivity contribution in [3.05, 3.63) is 101 Å². The third kappa shape index (κ3) is 4.72. The van der Waals surface area contributed by atoms with E-state index in [1.54, 1.807) is 16.7 Å². The van der Waals surface area contributed by atoms with Crippen LogP contribution in [-0.2, 0) is 12.8 Å². The largest absolute Gasteiger partial charge is 0.0950 e. The number of allylic oxidation sites excluding steroid dienone is 1. The molecule has 2 aliphatic carbocycles. The van der Waals surface area contributed by atoms with Crippen LogP contribution < -0.4 is 0 Å². The Morgan fingerprint density at radius 2 is 1.64 bits per heavy atom. The van der Waals surface area contributed by atoms with Crippen LogP contribution >= 0.6 is 0 Å². The van der Waals surface area contributed by atoms with Gasteiger partial charge in [0.05, 0.1) is 0 Å². The van der Waals surface area contributed by atoms with Crippen LogP contribution in [0, 0.1) is 5.92 Å². The van der Waals surface area contributed by atoms with Gasteiger partial charge in [-0.15, -0.1) is 0 Å². The van der Waals surface area contributed by atoms with Gasteiger partial charge in [0.25, 0.3) is 0 Å². The fraction of sp³-hybridized carbons (Fsp3) is 0.394. The molecule has 33 heavy (non-hydrogen) atoms. The number of rotatable bonds is 8. The van der Waals surface area contributed by atoms with Crippen LogP contribution in [0.25, 0.3) is 16.7 Å². The van der Waals surface area contributed by atoms with Crippen molar-refractivity contribution >= 4 is 5.57 Å². The second-order valence-electron chi connectivity index (χ2n) is 10.3. The molecule has 0 aromatic heterocycles. The van der Waals surface area contributed by atoms with Gasteiger partial charge in [-0.1, -0.05) is 93.6 Å². The fourth-order valence-corrected chi connectivity index (χ4v) is 6.02. The van der Waals surface area contributed by atoms with E-state index in [4.69, 9.17) is 0 Å². The molecule has 0 heteroatoms. The summed E-state index contributed by atoms with van der Waals surface area (Å²) in [6.07, 6.45) is 9.94. The predicted molar refractivity (Wildman–Crippen MR) is 143 cm³/mol. The van der Waals surface area contributed by atoms with E-state index in [1.165, 1.54) is 66.4 Å². The van der Waals surface area contributed by atoms with E-state index in [1.807, 2.05) is 0 Å². The molecule has 0 saturated heterocycles. The lowest BCUT2D eigenvalue weighted by molar-refractivity contribution is 0.670. The standard InChI is InChI=1S/C33H38/c1-4-9-24-10-8-11-27(20-24)23(3)28-16-17-29(22-28)31-19-18-30(21-25(31)5-2)33-13-7-6-12-32(33)26-14-15-26/h6-8,10-13,18-21,26,28-29H,3-5,9,14-17,22H2,1-2H3. The van der Waals surface area contributed by atoms with Crippen molar-refractivity contribution in [1.82, 2.24) is 0 Å². The Morgan fingerprint density at radius 3 is 2.42 bits per heavy atom. The zero-order valence-corrected chi connectivity index (χ0v) is 20.4. The smallest absolute Gasteiger partial charge is 0.0149 e. The minimum atomic E-state index is 0.604. The van der Waals surface area contributed by atoms with Crippen molar-refractivity contribution < 1.29 is 0 Å². The predicted octanol–water partition coefficient (Wildman–Crippen LogP) is 9.34. The van der Waals surface area contributed by atoms with Gasteiger partial charge in [0.15, 0.2) is 0 Å². The summed E-state index contributed by atoms with van der Waals surface area (Å²) >= 11 is 0. The molecule has 0 bridgehead atoms. The first-order valence-electron chi connectivity index (χ1n) is 13.2. The number of aryl methyl sites for hydroxylation is 2. The van der Waals surface area contributed by atoms with E-state index in [9.17, 15) is 0 Å². The Labute approximate surface area is 200 Å². The average Bonchev–Trinajstić information content (AvgIpc) is 3.60. The topological polar surface area (TPSA) is 0 Å². The Kier molecular flexibility index (Phi) is 6.54. The molecule has 0 aliphatic heterocycles. The summed E-state index contributed by atoms with van der Waals surface area (Å²) in [5.41, 5.74) is 11.7. The van der Waals surface area contributed by atoms with E-state index in [2.05, 4.69) is 87.2 Å². The minimum absolute atomic E-state index is 0.604. The highest BCUT2D eigenvalue weighted by atomic mass is 14.3. The molecule has 0 N–H and O–H groups in total. The van der Waals surface area contributed by atoms with Crippen molar-refractivity contribution in [3.8, 4) is 11.1 Å². The first-order chi connectivity index (χ1) is 16.2. The molecular weight excluding hydrogens is 396 g/mol. The highest BCUT2D eigenvalue weighted by Crippen LogP contribution is 2.47. The monoisotopic (exact) mass is 434 g/mol. The normalized spacial score (nSPS) is 20.2. The SMILES string of the molecule is C=C(c1cccc(CCC)c1)C1CCC(c2ccc(-c3ccccc3C3CC3)cc2CC)C1. The molecule has 2 atom stereocenters. The van der Waals surface area contributed by atoms with Crippen LogP contribution in [0.3, 0.4) is 0 Å². The Bertz CT molecular complexity index is 1130. The molecule has 2 saturated carbocycles. The maximum Gasteiger partial charge on any atom is -0.0149 e. The zero-order chi connectivity index (χ0) is 22.8. The quantitative estimate of drug-likeness (QED) is 0.331. The molecule has 3 aromatic carbocycles. The molecule has 0 radical (unpaired) electrons. The van der Waals surface area contributed by atoms with Crippen LogP contribution in [0.5, 0.6) is 0 Å². The molecule has 0 nitrogen and oxygen atoms in total. The maximum absolute atomic E-state index is 4.56. The molecule has 170 valence electrons. The lowest BCUT2D eigenvalue weighted by atomic mass is 9.86. The van der Waals surface area contributed by atoms with Crippen LogP contribution in [0.15, 0.2) is 73.3 Å². The molecular formula is C33H38. The summed E-state index contributed by atoms with van der Waals surface area (Å²) in [6, 6.07) is 25.5. The molecule has 3 aromatic rings. The van der Waals surface area contributed by atoms with Gasteiger partial charge in [-0.3, -0.25) is 0 Å². The first-order valence-corrected chi connectivity index (χ1v) is 13.2. The molecule has 5 rings (SSSR count). The van der Waals surface area contributed by atoms with E-state index < -0.39 is 0 Å². The van der Waals surface area contributed by atoms with Crippen molar-refractivity contribution in [3.63, 3.8) is 0 Å². The van der Waals surface area contributed by atoms with E-state index >= 15 is 0 Å². The zero-order valence-electron chi connectivity index (χ0n) is 20.4. The van der Waals surface area contributed by atoms with Gasteiger partial charge < -0.3 is 0 Å². The van der Waals surface area contributed by atoms with Crippen molar-refractivity contribution in [2.45, 2.75) is 77.0 Å². The van der Waals surface area contributed by atoms with Crippen LogP contribution in [0.1, 0.15) is 92.0 Å². The van der Waals surface area contributed by atoms with Gasteiger partial charge in [0.2, 0.25) is 0 Å². The van der Waals surface area contributed by atoms with Crippen LogP contribution in [-0.4, -0.2) is 0 Å². The van der Waals surface area contributed by atoms with Gasteiger partial charge >= 0.3 is 0 Å². The van der Waals surface area contributed by atoms with Crippen molar-refractivity contribution in [2.75, 3.05) is 0 Å². The summed E-state index contributed by atoms with van der Waals surface area (Å²) in [6.45, 7) is 9.14. The molecule has 0 heterocycles. The molecule has 0 spiro atoms. The van der Waals surface area contributed by atoms with Crippen molar-refractivity contribution in [2.24, 2.45) is 5.92 Å². The Hall–Kier alpha value is -2.60. The Balaban J connectivity index is 1.35. The molecule has 0 amide bonds. The number of benzene rings is 3. The van der Waals surface area contributed by atoms with Crippen LogP contribution in [0.4, 0.5) is 0 Å². The van der Waals surface area contributed by atoms with E-state index in [0.29, 0.717) is 11.8 Å². The number of hydrogen-bond acceptors (Lipinski definition) is 0. The summed E-state index contributed by atoms with van der Waals surface area (Å²) in [4.78, 5) is 0.